The van der Waals surface area contributed by atoms with Crippen LogP contribution in [0.15, 0.2) is 52.4 Å². The molecule has 0 atom stereocenters. The number of hydrogen-bond donors (Lipinski definition) is 2. The number of halogens is 1. The van der Waals surface area contributed by atoms with Crippen molar-refractivity contribution in [1.29, 1.82) is 0 Å². The number of hydrogen-bond acceptors (Lipinski definition) is 2. The fourth-order valence-corrected chi connectivity index (χ4v) is 3.36. The van der Waals surface area contributed by atoms with Crippen LogP contribution in [-0.4, -0.2) is 21.9 Å². The van der Waals surface area contributed by atoms with Gasteiger partial charge < -0.3 is 16.9 Å². The van der Waals surface area contributed by atoms with E-state index in [2.05, 4.69) is 4.99 Å². The number of carbonyl (C=O) groups excluding carboxylic acids is 1. The smallest absolute Gasteiger partial charge is 0.282 e. The Hall–Kier alpha value is -3.16. The minimum absolute atomic E-state index is 0. The van der Waals surface area contributed by atoms with Gasteiger partial charge in [0, 0.05) is 17.0 Å². The maximum absolute atomic E-state index is 13.1. The Morgan fingerprint density at radius 1 is 1.00 bits per heavy atom. The molecule has 8 heteroatoms. The summed E-state index contributed by atoms with van der Waals surface area (Å²) in [7, 11) is 0. The zero-order valence-corrected chi connectivity index (χ0v) is 16.6. The van der Waals surface area contributed by atoms with Crippen LogP contribution in [0.4, 0.5) is 0 Å². The Morgan fingerprint density at radius 3 is 2.07 bits per heavy atom. The number of aliphatic imine (C=N–C) groups is 1. The molecule has 2 aromatic carbocycles. The first-order chi connectivity index (χ1) is 12.3. The van der Waals surface area contributed by atoms with E-state index in [4.69, 9.17) is 11.5 Å². The Bertz CT molecular complexity index is 1110. The van der Waals surface area contributed by atoms with Crippen molar-refractivity contribution in [2.75, 3.05) is 0 Å². The third-order valence-corrected chi connectivity index (χ3v) is 4.26. The number of fused-ring (bicyclic) bond motifs is 1. The quantitative estimate of drug-likeness (QED) is 0.500. The van der Waals surface area contributed by atoms with Crippen molar-refractivity contribution in [2.45, 2.75) is 20.8 Å². The number of rotatable bonds is 2. The summed E-state index contributed by atoms with van der Waals surface area (Å²) in [5.41, 5.74) is 14.5. The number of carbonyl (C=O) groups is 1. The number of nitrogens with two attached hydrogens (primary N) is 2. The second-order valence-electron chi connectivity index (χ2n) is 6.35. The van der Waals surface area contributed by atoms with Gasteiger partial charge in [-0.2, -0.15) is 4.99 Å². The number of aryl methyl sites for hydroxylation is 3. The van der Waals surface area contributed by atoms with Gasteiger partial charge in [-0.05, 0) is 38.0 Å². The molecule has 3 aromatic rings. The highest BCUT2D eigenvalue weighted by Gasteiger charge is 2.17. The topological polar surface area (TPSA) is 135 Å². The van der Waals surface area contributed by atoms with Gasteiger partial charge in [0.15, 0.2) is 5.96 Å². The van der Waals surface area contributed by atoms with Crippen molar-refractivity contribution in [3.63, 3.8) is 0 Å². The lowest BCUT2D eigenvalue weighted by atomic mass is 10.0. The van der Waals surface area contributed by atoms with Crippen molar-refractivity contribution >= 4 is 35.0 Å². The van der Waals surface area contributed by atoms with E-state index in [0.29, 0.717) is 10.8 Å². The van der Waals surface area contributed by atoms with Crippen LogP contribution < -0.4 is 17.0 Å². The van der Waals surface area contributed by atoms with Crippen LogP contribution in [0.5, 0.6) is 0 Å². The predicted molar refractivity (Wildman–Crippen MR) is 115 cm³/mol. The molecule has 28 heavy (non-hydrogen) atoms. The van der Waals surface area contributed by atoms with Crippen molar-refractivity contribution < 1.29 is 10.3 Å². The summed E-state index contributed by atoms with van der Waals surface area (Å²) in [5, 5.41) is 0.953. The number of aromatic nitrogens is 1. The zero-order chi connectivity index (χ0) is 19.0. The van der Waals surface area contributed by atoms with E-state index in [1.807, 2.05) is 32.9 Å². The largest absolute Gasteiger partial charge is 0.412 e. The summed E-state index contributed by atoms with van der Waals surface area (Å²) in [6.07, 6.45) is 1.52. The van der Waals surface area contributed by atoms with Crippen molar-refractivity contribution in [2.24, 2.45) is 16.5 Å². The van der Waals surface area contributed by atoms with Crippen LogP contribution in [0.3, 0.4) is 0 Å². The molecule has 1 heterocycles. The molecule has 6 N–H and O–H groups in total. The fraction of sp³-hybridized carbons (Fsp3) is 0.150. The van der Waals surface area contributed by atoms with Crippen LogP contribution in [0.2, 0.25) is 0 Å². The molecule has 7 nitrogen and oxygen atoms in total. The zero-order valence-electron chi connectivity index (χ0n) is 15.8. The normalized spacial score (nSPS) is 9.96. The maximum Gasteiger partial charge on any atom is 0.282 e. The van der Waals surface area contributed by atoms with Crippen LogP contribution in [-0.2, 0) is 0 Å². The summed E-state index contributed by atoms with van der Waals surface area (Å²) in [5.74, 6) is -0.906. The third-order valence-electron chi connectivity index (χ3n) is 4.26. The SMILES string of the molecule is Cc1cc(C)c(-n2cc(C(=O)N=C(N)N)c3ccccc3c2=O)c(C)c1.Cl.O. The summed E-state index contributed by atoms with van der Waals surface area (Å²) < 4.78 is 1.50. The van der Waals surface area contributed by atoms with E-state index in [9.17, 15) is 9.59 Å². The molecule has 0 aliphatic heterocycles. The van der Waals surface area contributed by atoms with Gasteiger partial charge in [-0.3, -0.25) is 14.2 Å². The average Bonchev–Trinajstić information content (AvgIpc) is 2.55. The molecular formula is C20H23ClN4O3. The highest BCUT2D eigenvalue weighted by molar-refractivity contribution is 6.10. The first kappa shape index (κ1) is 22.9. The molecule has 148 valence electrons. The minimum Gasteiger partial charge on any atom is -0.412 e. The summed E-state index contributed by atoms with van der Waals surface area (Å²) in [6.45, 7) is 5.88. The van der Waals surface area contributed by atoms with Crippen molar-refractivity contribution in [3.8, 4) is 5.69 Å². The second-order valence-corrected chi connectivity index (χ2v) is 6.35. The molecule has 0 aliphatic carbocycles. The lowest BCUT2D eigenvalue weighted by Gasteiger charge is -2.16. The first-order valence-corrected chi connectivity index (χ1v) is 8.16. The first-order valence-electron chi connectivity index (χ1n) is 8.16. The van der Waals surface area contributed by atoms with Crippen molar-refractivity contribution in [1.82, 2.24) is 4.57 Å². The van der Waals surface area contributed by atoms with E-state index < -0.39 is 5.91 Å². The van der Waals surface area contributed by atoms with Gasteiger partial charge in [0.05, 0.1) is 11.3 Å². The number of benzene rings is 2. The maximum atomic E-state index is 13.1. The lowest BCUT2D eigenvalue weighted by molar-refractivity contribution is 0.100. The van der Waals surface area contributed by atoms with E-state index in [-0.39, 0.29) is 35.0 Å². The van der Waals surface area contributed by atoms with Gasteiger partial charge in [0.1, 0.15) is 0 Å². The number of amides is 1. The minimum atomic E-state index is -0.586. The molecule has 0 saturated heterocycles. The molecule has 1 aromatic heterocycles. The van der Waals surface area contributed by atoms with Gasteiger partial charge in [0.25, 0.3) is 11.5 Å². The van der Waals surface area contributed by atoms with Gasteiger partial charge in [-0.25, -0.2) is 0 Å². The predicted octanol–water partition coefficient (Wildman–Crippen LogP) is 1.93. The highest BCUT2D eigenvalue weighted by Crippen LogP contribution is 2.23. The summed E-state index contributed by atoms with van der Waals surface area (Å²) >= 11 is 0. The van der Waals surface area contributed by atoms with Crippen LogP contribution >= 0.6 is 12.4 Å². The number of guanidine groups is 1. The van der Waals surface area contributed by atoms with Gasteiger partial charge in [-0.15, -0.1) is 12.4 Å². The van der Waals surface area contributed by atoms with Gasteiger partial charge in [0.2, 0.25) is 0 Å². The molecule has 3 rings (SSSR count). The second kappa shape index (κ2) is 8.69. The van der Waals surface area contributed by atoms with Crippen LogP contribution in [0.1, 0.15) is 27.0 Å². The summed E-state index contributed by atoms with van der Waals surface area (Å²) in [6, 6.07) is 10.9. The lowest BCUT2D eigenvalue weighted by Crippen LogP contribution is -2.25. The molecule has 0 radical (unpaired) electrons. The van der Waals surface area contributed by atoms with E-state index in [0.717, 1.165) is 22.4 Å². The number of nitrogens with zero attached hydrogens (tertiary/aromatic N) is 2. The Labute approximate surface area is 168 Å². The molecular weight excluding hydrogens is 380 g/mol. The molecule has 1 amide bonds. The number of pyridine rings is 1. The van der Waals surface area contributed by atoms with E-state index >= 15 is 0 Å². The molecule has 0 fully saturated rings. The molecule has 0 unspecified atom stereocenters. The Morgan fingerprint density at radius 2 is 1.54 bits per heavy atom. The molecule has 0 bridgehead atoms. The van der Waals surface area contributed by atoms with Crippen LogP contribution in [0.25, 0.3) is 16.5 Å². The van der Waals surface area contributed by atoms with Gasteiger partial charge >= 0.3 is 0 Å². The standard InChI is InChI=1S/C20H20N4O2.ClH.H2O/c1-11-8-12(2)17(13(3)9-11)24-10-16(18(25)23-20(21)22)14-6-4-5-7-15(14)19(24)26;;/h4-10H,1-3H3,(H4,21,22,23,25);1H;1H2. The van der Waals surface area contributed by atoms with Crippen LogP contribution in [0, 0.1) is 20.8 Å². The molecule has 0 saturated carbocycles. The van der Waals surface area contributed by atoms with Gasteiger partial charge in [-0.1, -0.05) is 35.9 Å². The Balaban J connectivity index is 0.00000196. The highest BCUT2D eigenvalue weighted by atomic mass is 35.5. The molecule has 0 aliphatic rings. The average molecular weight is 403 g/mol. The van der Waals surface area contributed by atoms with E-state index in [1.54, 1.807) is 24.3 Å². The third kappa shape index (κ3) is 4.05. The molecule has 0 spiro atoms. The fourth-order valence-electron chi connectivity index (χ4n) is 3.36. The van der Waals surface area contributed by atoms with Crippen molar-refractivity contribution in [3.05, 3.63) is 75.2 Å². The van der Waals surface area contributed by atoms with E-state index in [1.165, 1.54) is 10.8 Å². The monoisotopic (exact) mass is 402 g/mol. The summed E-state index contributed by atoms with van der Waals surface area (Å²) in [4.78, 5) is 29.2. The Kier molecular flexibility index (Phi) is 7.10.